The predicted octanol–water partition coefficient (Wildman–Crippen LogP) is 2.62. The van der Waals surface area contributed by atoms with Crippen LogP contribution in [-0.4, -0.2) is 70.7 Å². The van der Waals surface area contributed by atoms with Gasteiger partial charge in [-0.25, -0.2) is 4.98 Å². The molecule has 1 fully saturated rings. The van der Waals surface area contributed by atoms with E-state index in [1.54, 1.807) is 11.0 Å². The smallest absolute Gasteiger partial charge is 0.295 e. The fraction of sp³-hybridized carbons (Fsp3) is 0.292. The minimum Gasteiger partial charge on any atom is -0.494 e. The number of nitrogens with zero attached hydrogens (tertiary/aromatic N) is 4. The number of aromatic nitrogens is 2. The van der Waals surface area contributed by atoms with Crippen molar-refractivity contribution in [2.45, 2.75) is 13.8 Å². The monoisotopic (exact) mass is 449 g/mol. The standard InChI is InChI=1S/C22H21N5O4.C2H6/c1-4-6-14(5-2)21(29)26-7-9-27(10-8-26)22(30)20(28)15-12-25-19-16(11-23)24-13-17(31-3)18(15)19;1-2/h4-6,12-13,25H,1-2,7-10H2,3H3;1-2H3/b14-6+;. The van der Waals surface area contributed by atoms with Crippen LogP contribution in [0.2, 0.25) is 0 Å². The zero-order chi connectivity index (χ0) is 24.5. The summed E-state index contributed by atoms with van der Waals surface area (Å²) in [7, 11) is 1.42. The van der Waals surface area contributed by atoms with Crippen LogP contribution in [0.4, 0.5) is 0 Å². The van der Waals surface area contributed by atoms with Crippen LogP contribution in [0.15, 0.2) is 49.4 Å². The first kappa shape index (κ1) is 25.1. The number of H-pyrrole nitrogens is 1. The number of nitrogens with one attached hydrogen (secondary N) is 1. The third-order valence-corrected chi connectivity index (χ3v) is 5.06. The number of carbonyl (C=O) groups excluding carboxylic acids is 3. The van der Waals surface area contributed by atoms with Gasteiger partial charge in [-0.15, -0.1) is 0 Å². The summed E-state index contributed by atoms with van der Waals surface area (Å²) >= 11 is 0. The summed E-state index contributed by atoms with van der Waals surface area (Å²) in [5, 5.41) is 9.58. The average molecular weight is 450 g/mol. The van der Waals surface area contributed by atoms with Crippen molar-refractivity contribution >= 4 is 28.5 Å². The number of piperazine rings is 1. The van der Waals surface area contributed by atoms with Crippen LogP contribution >= 0.6 is 0 Å². The second-order valence-corrected chi connectivity index (χ2v) is 6.71. The Labute approximate surface area is 192 Å². The Morgan fingerprint density at radius 3 is 2.27 bits per heavy atom. The lowest BCUT2D eigenvalue weighted by Crippen LogP contribution is -2.52. The molecule has 0 bridgehead atoms. The zero-order valence-corrected chi connectivity index (χ0v) is 19.1. The molecular weight excluding hydrogens is 422 g/mol. The lowest BCUT2D eigenvalue weighted by atomic mass is 10.1. The molecule has 2 aromatic rings. The van der Waals surface area contributed by atoms with Crippen LogP contribution in [0.3, 0.4) is 0 Å². The van der Waals surface area contributed by atoms with Crippen molar-refractivity contribution in [2.24, 2.45) is 0 Å². The van der Waals surface area contributed by atoms with Gasteiger partial charge in [-0.2, -0.15) is 5.26 Å². The van der Waals surface area contributed by atoms with E-state index in [1.807, 2.05) is 19.9 Å². The van der Waals surface area contributed by atoms with Gasteiger partial charge in [0.1, 0.15) is 11.8 Å². The van der Waals surface area contributed by atoms with Crippen LogP contribution in [0.1, 0.15) is 29.9 Å². The minimum absolute atomic E-state index is 0.0972. The number of fused-ring (bicyclic) bond motifs is 1. The molecule has 1 aliphatic rings. The number of methoxy groups -OCH3 is 1. The predicted molar refractivity (Wildman–Crippen MR) is 125 cm³/mol. The number of hydrogen-bond donors (Lipinski definition) is 1. The van der Waals surface area contributed by atoms with E-state index in [4.69, 9.17) is 4.74 Å². The first-order valence-electron chi connectivity index (χ1n) is 10.5. The normalized spacial score (nSPS) is 13.5. The fourth-order valence-corrected chi connectivity index (χ4v) is 3.44. The molecule has 9 nitrogen and oxygen atoms in total. The fourth-order valence-electron chi connectivity index (χ4n) is 3.44. The number of amides is 2. The summed E-state index contributed by atoms with van der Waals surface area (Å²) < 4.78 is 5.26. The number of ether oxygens (including phenoxy) is 1. The van der Waals surface area contributed by atoms with Crippen molar-refractivity contribution < 1.29 is 19.1 Å². The molecule has 0 radical (unpaired) electrons. The highest BCUT2D eigenvalue weighted by atomic mass is 16.5. The van der Waals surface area contributed by atoms with E-state index >= 15 is 0 Å². The summed E-state index contributed by atoms with van der Waals surface area (Å²) in [5.41, 5.74) is 0.954. The molecule has 0 spiro atoms. The molecule has 0 aliphatic carbocycles. The molecule has 0 saturated carbocycles. The number of hydrogen-bond acceptors (Lipinski definition) is 6. The van der Waals surface area contributed by atoms with Gasteiger partial charge in [-0.1, -0.05) is 45.2 Å². The molecule has 9 heteroatoms. The number of carbonyl (C=O) groups is 3. The molecule has 3 rings (SSSR count). The lowest BCUT2D eigenvalue weighted by molar-refractivity contribution is -0.134. The number of ketones is 1. The molecule has 33 heavy (non-hydrogen) atoms. The van der Waals surface area contributed by atoms with Crippen molar-refractivity contribution in [3.63, 3.8) is 0 Å². The maximum absolute atomic E-state index is 13.0. The number of pyridine rings is 1. The molecule has 172 valence electrons. The van der Waals surface area contributed by atoms with E-state index in [0.717, 1.165) is 0 Å². The van der Waals surface area contributed by atoms with Crippen molar-refractivity contribution in [2.75, 3.05) is 33.3 Å². The SMILES string of the molecule is C=C/C=C(\C=C)C(=O)N1CCN(C(=O)C(=O)c2c[nH]c3c(C#N)ncc(OC)c23)CC1.CC. The van der Waals surface area contributed by atoms with E-state index in [2.05, 4.69) is 23.1 Å². The largest absolute Gasteiger partial charge is 0.494 e. The molecule has 1 saturated heterocycles. The molecule has 2 aromatic heterocycles. The van der Waals surface area contributed by atoms with E-state index in [-0.39, 0.29) is 36.0 Å². The van der Waals surface area contributed by atoms with Crippen LogP contribution in [0.5, 0.6) is 5.75 Å². The zero-order valence-electron chi connectivity index (χ0n) is 19.1. The van der Waals surface area contributed by atoms with Crippen molar-refractivity contribution in [3.05, 3.63) is 60.6 Å². The van der Waals surface area contributed by atoms with Crippen LogP contribution in [0, 0.1) is 11.3 Å². The van der Waals surface area contributed by atoms with Gasteiger partial charge in [-0.05, 0) is 0 Å². The number of aromatic amines is 1. The Bertz CT molecular complexity index is 1150. The van der Waals surface area contributed by atoms with Crippen molar-refractivity contribution in [1.82, 2.24) is 19.8 Å². The van der Waals surface area contributed by atoms with Crippen LogP contribution in [-0.2, 0) is 9.59 Å². The van der Waals surface area contributed by atoms with Gasteiger partial charge >= 0.3 is 0 Å². The molecule has 0 atom stereocenters. The molecular formula is C24H27N5O4. The Morgan fingerprint density at radius 2 is 1.76 bits per heavy atom. The number of nitriles is 1. The van der Waals surface area contributed by atoms with E-state index in [0.29, 0.717) is 29.6 Å². The first-order valence-corrected chi connectivity index (χ1v) is 10.5. The van der Waals surface area contributed by atoms with Gasteiger partial charge in [0.05, 0.1) is 29.8 Å². The average Bonchev–Trinajstić information content (AvgIpc) is 3.32. The number of Topliss-reactive ketones (excluding diaryl/α,β-unsaturated/α-hetero) is 1. The van der Waals surface area contributed by atoms with Gasteiger partial charge in [-0.3, -0.25) is 14.4 Å². The third kappa shape index (κ3) is 5.01. The molecule has 1 aliphatic heterocycles. The molecule has 0 unspecified atom stereocenters. The third-order valence-electron chi connectivity index (χ3n) is 5.06. The molecule has 3 heterocycles. The summed E-state index contributed by atoms with van der Waals surface area (Å²) in [5.74, 6) is -1.33. The number of allylic oxidation sites excluding steroid dienone is 2. The maximum Gasteiger partial charge on any atom is 0.295 e. The second kappa shape index (κ2) is 11.4. The van der Waals surface area contributed by atoms with E-state index in [9.17, 15) is 19.6 Å². The van der Waals surface area contributed by atoms with Gasteiger partial charge in [0.25, 0.3) is 17.6 Å². The molecule has 2 amide bonds. The van der Waals surface area contributed by atoms with Gasteiger partial charge in [0, 0.05) is 37.9 Å². The highest BCUT2D eigenvalue weighted by molar-refractivity contribution is 6.45. The Hall–Kier alpha value is -4.19. The van der Waals surface area contributed by atoms with Crippen molar-refractivity contribution in [3.8, 4) is 11.8 Å². The minimum atomic E-state index is -0.724. The lowest BCUT2D eigenvalue weighted by Gasteiger charge is -2.34. The highest BCUT2D eigenvalue weighted by Crippen LogP contribution is 2.30. The summed E-state index contributed by atoms with van der Waals surface area (Å²) in [6, 6.07) is 1.94. The quantitative estimate of drug-likeness (QED) is 0.313. The molecule has 1 N–H and O–H groups in total. The Morgan fingerprint density at radius 1 is 1.15 bits per heavy atom. The first-order chi connectivity index (χ1) is 16.0. The maximum atomic E-state index is 13.0. The summed E-state index contributed by atoms with van der Waals surface area (Å²) in [6.45, 7) is 12.2. The van der Waals surface area contributed by atoms with E-state index < -0.39 is 11.7 Å². The van der Waals surface area contributed by atoms with Gasteiger partial charge in [0.15, 0.2) is 5.69 Å². The van der Waals surface area contributed by atoms with Gasteiger partial charge < -0.3 is 19.5 Å². The van der Waals surface area contributed by atoms with Gasteiger partial charge in [0.2, 0.25) is 0 Å². The Kier molecular flexibility index (Phi) is 8.69. The number of rotatable bonds is 6. The summed E-state index contributed by atoms with van der Waals surface area (Å²) in [4.78, 5) is 48.2. The second-order valence-electron chi connectivity index (χ2n) is 6.71. The van der Waals surface area contributed by atoms with E-state index in [1.165, 1.54) is 36.6 Å². The summed E-state index contributed by atoms with van der Waals surface area (Å²) in [6.07, 6.45) is 7.27. The van der Waals surface area contributed by atoms with Crippen LogP contribution < -0.4 is 4.74 Å². The molecule has 0 aromatic carbocycles. The topological polar surface area (TPSA) is 119 Å². The Balaban J connectivity index is 0.00000187. The highest BCUT2D eigenvalue weighted by Gasteiger charge is 2.31. The van der Waals surface area contributed by atoms with Crippen LogP contribution in [0.25, 0.3) is 10.9 Å². The van der Waals surface area contributed by atoms with Crippen molar-refractivity contribution in [1.29, 1.82) is 5.26 Å².